The Morgan fingerprint density at radius 3 is 1.47 bits per heavy atom. The van der Waals surface area contributed by atoms with Crippen LogP contribution >= 0.6 is 0 Å². The number of hydrogen-bond donors (Lipinski definition) is 0. The summed E-state index contributed by atoms with van der Waals surface area (Å²) < 4.78 is 38.1. The van der Waals surface area contributed by atoms with Crippen molar-refractivity contribution in [3.63, 3.8) is 0 Å². The zero-order valence-electron chi connectivity index (χ0n) is 16.6. The molecule has 6 heteroatoms. The Hall–Kier alpha value is -3.51. The van der Waals surface area contributed by atoms with Gasteiger partial charge in [-0.15, -0.1) is 0 Å². The van der Waals surface area contributed by atoms with Gasteiger partial charge in [0.1, 0.15) is 11.5 Å². The van der Waals surface area contributed by atoms with Crippen LogP contribution in [0.3, 0.4) is 0 Å². The minimum atomic E-state index is -3.72. The molecule has 4 aromatic rings. The molecule has 0 amide bonds. The van der Waals surface area contributed by atoms with Crippen LogP contribution in [0.2, 0.25) is 0 Å². The van der Waals surface area contributed by atoms with Crippen LogP contribution in [0, 0.1) is 0 Å². The van der Waals surface area contributed by atoms with Gasteiger partial charge in [0.2, 0.25) is 0 Å². The molecule has 0 unspecified atom stereocenters. The van der Waals surface area contributed by atoms with Crippen LogP contribution < -0.4 is 9.47 Å². The summed E-state index contributed by atoms with van der Waals surface area (Å²) in [4.78, 5) is 0.238. The molecule has 0 aliphatic carbocycles. The molecule has 5 nitrogen and oxygen atoms in total. The van der Waals surface area contributed by atoms with Gasteiger partial charge in [-0.1, -0.05) is 42.5 Å². The van der Waals surface area contributed by atoms with E-state index < -0.39 is 10.0 Å². The number of methoxy groups -OCH3 is 2. The van der Waals surface area contributed by atoms with Crippen LogP contribution in [0.25, 0.3) is 22.3 Å². The van der Waals surface area contributed by atoms with Crippen molar-refractivity contribution in [2.45, 2.75) is 4.90 Å². The van der Waals surface area contributed by atoms with Crippen LogP contribution in [0.15, 0.2) is 96.2 Å². The average Bonchev–Trinajstić information content (AvgIpc) is 3.26. The van der Waals surface area contributed by atoms with E-state index in [2.05, 4.69) is 0 Å². The molecule has 4 rings (SSSR count). The predicted octanol–water partition coefficient (Wildman–Crippen LogP) is 5.08. The van der Waals surface area contributed by atoms with Crippen molar-refractivity contribution >= 4 is 10.0 Å². The molecule has 152 valence electrons. The average molecular weight is 420 g/mol. The molecular formula is C24H21NO4S. The quantitative estimate of drug-likeness (QED) is 0.438. The molecule has 0 aliphatic heterocycles. The second kappa shape index (κ2) is 8.08. The number of ether oxygens (including phenoxy) is 2. The fraction of sp³-hybridized carbons (Fsp3) is 0.0833. The van der Waals surface area contributed by atoms with Crippen LogP contribution in [-0.4, -0.2) is 26.6 Å². The number of rotatable bonds is 6. The SMILES string of the molecule is COc1ccc(-c2cn(S(=O)(=O)c3ccccc3)cc2-c2ccc(OC)cc2)cc1. The number of aromatic nitrogens is 1. The second-order valence-corrected chi connectivity index (χ2v) is 8.53. The van der Waals surface area contributed by atoms with E-state index in [1.54, 1.807) is 56.9 Å². The molecule has 0 spiro atoms. The Kier molecular flexibility index (Phi) is 5.33. The summed E-state index contributed by atoms with van der Waals surface area (Å²) >= 11 is 0. The zero-order valence-corrected chi connectivity index (χ0v) is 17.5. The summed E-state index contributed by atoms with van der Waals surface area (Å²) in [6.45, 7) is 0. The first-order valence-corrected chi connectivity index (χ1v) is 10.8. The smallest absolute Gasteiger partial charge is 0.267 e. The lowest BCUT2D eigenvalue weighted by Crippen LogP contribution is -2.10. The summed E-state index contributed by atoms with van der Waals surface area (Å²) in [5, 5.41) is 0. The van der Waals surface area contributed by atoms with Gasteiger partial charge in [0.05, 0.1) is 19.1 Å². The van der Waals surface area contributed by atoms with Crippen molar-refractivity contribution in [1.29, 1.82) is 0 Å². The highest BCUT2D eigenvalue weighted by Gasteiger charge is 2.20. The van der Waals surface area contributed by atoms with E-state index >= 15 is 0 Å². The molecule has 3 aromatic carbocycles. The third kappa shape index (κ3) is 3.69. The minimum absolute atomic E-state index is 0.238. The van der Waals surface area contributed by atoms with Crippen molar-refractivity contribution in [3.8, 4) is 33.8 Å². The van der Waals surface area contributed by atoms with E-state index in [1.807, 2.05) is 48.5 Å². The lowest BCUT2D eigenvalue weighted by molar-refractivity contribution is 0.414. The Morgan fingerprint density at radius 2 is 1.07 bits per heavy atom. The molecule has 0 fully saturated rings. The molecule has 0 saturated carbocycles. The van der Waals surface area contributed by atoms with Crippen molar-refractivity contribution in [1.82, 2.24) is 3.97 Å². The van der Waals surface area contributed by atoms with Crippen molar-refractivity contribution < 1.29 is 17.9 Å². The number of benzene rings is 3. The van der Waals surface area contributed by atoms with Gasteiger partial charge in [-0.05, 0) is 47.5 Å². The summed E-state index contributed by atoms with van der Waals surface area (Å²) in [7, 11) is -0.491. The maximum atomic E-state index is 13.2. The summed E-state index contributed by atoms with van der Waals surface area (Å²) in [6.07, 6.45) is 3.31. The Bertz CT molecular complexity index is 1180. The first-order valence-electron chi connectivity index (χ1n) is 9.34. The molecule has 1 heterocycles. The fourth-order valence-corrected chi connectivity index (χ4v) is 4.52. The topological polar surface area (TPSA) is 57.5 Å². The van der Waals surface area contributed by atoms with Gasteiger partial charge in [0.15, 0.2) is 0 Å². The van der Waals surface area contributed by atoms with Crippen molar-refractivity contribution in [2.75, 3.05) is 14.2 Å². The van der Waals surface area contributed by atoms with Gasteiger partial charge >= 0.3 is 0 Å². The molecule has 0 radical (unpaired) electrons. The highest BCUT2D eigenvalue weighted by molar-refractivity contribution is 7.90. The van der Waals surface area contributed by atoms with E-state index in [9.17, 15) is 8.42 Å². The van der Waals surface area contributed by atoms with Gasteiger partial charge < -0.3 is 9.47 Å². The highest BCUT2D eigenvalue weighted by Crippen LogP contribution is 2.36. The van der Waals surface area contributed by atoms with Gasteiger partial charge in [-0.25, -0.2) is 12.4 Å². The fourth-order valence-electron chi connectivity index (χ4n) is 3.29. The molecule has 0 bridgehead atoms. The molecule has 0 saturated heterocycles. The van der Waals surface area contributed by atoms with E-state index in [0.717, 1.165) is 33.8 Å². The molecule has 0 atom stereocenters. The minimum Gasteiger partial charge on any atom is -0.497 e. The normalized spacial score (nSPS) is 11.3. The van der Waals surface area contributed by atoms with Crippen molar-refractivity contribution in [2.24, 2.45) is 0 Å². The molecule has 30 heavy (non-hydrogen) atoms. The zero-order chi connectivity index (χ0) is 21.1. The first kappa shape index (κ1) is 19.8. The molecule has 1 aromatic heterocycles. The Labute approximate surface area is 176 Å². The summed E-state index contributed by atoms with van der Waals surface area (Å²) in [5.74, 6) is 1.47. The second-order valence-electron chi connectivity index (χ2n) is 6.69. The number of nitrogens with zero attached hydrogens (tertiary/aromatic N) is 1. The van der Waals surface area contributed by atoms with E-state index in [4.69, 9.17) is 9.47 Å². The Morgan fingerprint density at radius 1 is 0.633 bits per heavy atom. The lowest BCUT2D eigenvalue weighted by atomic mass is 9.99. The van der Waals surface area contributed by atoms with Crippen molar-refractivity contribution in [3.05, 3.63) is 91.3 Å². The number of hydrogen-bond acceptors (Lipinski definition) is 4. The van der Waals surface area contributed by atoms with Gasteiger partial charge in [0.25, 0.3) is 10.0 Å². The van der Waals surface area contributed by atoms with Gasteiger partial charge in [0, 0.05) is 23.5 Å². The third-order valence-corrected chi connectivity index (χ3v) is 6.56. The van der Waals surface area contributed by atoms with E-state index in [0.29, 0.717) is 0 Å². The Balaban J connectivity index is 1.88. The molecule has 0 aliphatic rings. The van der Waals surface area contributed by atoms with Crippen LogP contribution in [0.1, 0.15) is 0 Å². The maximum absolute atomic E-state index is 13.2. The lowest BCUT2D eigenvalue weighted by Gasteiger charge is -2.06. The van der Waals surface area contributed by atoms with E-state index in [1.165, 1.54) is 3.97 Å². The summed E-state index contributed by atoms with van der Waals surface area (Å²) in [6, 6.07) is 23.5. The molecular weight excluding hydrogens is 398 g/mol. The maximum Gasteiger partial charge on any atom is 0.267 e. The first-order chi connectivity index (χ1) is 14.5. The van der Waals surface area contributed by atoms with Crippen LogP contribution in [-0.2, 0) is 10.0 Å². The standard InChI is InChI=1S/C24H21NO4S/c1-28-20-12-8-18(9-13-20)23-16-25(30(26,27)22-6-4-3-5-7-22)17-24(23)19-10-14-21(29-2)15-11-19/h3-17H,1-2H3. The van der Waals surface area contributed by atoms with Gasteiger partial charge in [-0.2, -0.15) is 0 Å². The predicted molar refractivity (Wildman–Crippen MR) is 117 cm³/mol. The highest BCUT2D eigenvalue weighted by atomic mass is 32.2. The largest absolute Gasteiger partial charge is 0.497 e. The van der Waals surface area contributed by atoms with Crippen LogP contribution in [0.4, 0.5) is 0 Å². The van der Waals surface area contributed by atoms with Gasteiger partial charge in [-0.3, -0.25) is 0 Å². The third-order valence-electron chi connectivity index (χ3n) is 4.92. The summed E-state index contributed by atoms with van der Waals surface area (Å²) in [5.41, 5.74) is 3.40. The molecule has 0 N–H and O–H groups in total. The van der Waals surface area contributed by atoms with E-state index in [-0.39, 0.29) is 4.90 Å². The van der Waals surface area contributed by atoms with Crippen LogP contribution in [0.5, 0.6) is 11.5 Å². The monoisotopic (exact) mass is 419 g/mol.